The number of rotatable bonds is 5. The lowest BCUT2D eigenvalue weighted by atomic mass is 9.81. The summed E-state index contributed by atoms with van der Waals surface area (Å²) in [6, 6.07) is 10.7. The van der Waals surface area contributed by atoms with Crippen molar-refractivity contribution in [3.63, 3.8) is 0 Å². The Hall–Kier alpha value is -1.41. The van der Waals surface area contributed by atoms with Crippen LogP contribution >= 0.6 is 0 Å². The van der Waals surface area contributed by atoms with Crippen LogP contribution in [0.2, 0.25) is 0 Å². The van der Waals surface area contributed by atoms with Crippen molar-refractivity contribution in [1.82, 2.24) is 10.3 Å². The van der Waals surface area contributed by atoms with Gasteiger partial charge in [0.2, 0.25) is 0 Å². The average Bonchev–Trinajstić information content (AvgIpc) is 2.38. The minimum absolute atomic E-state index is 0.201. The summed E-state index contributed by atoms with van der Waals surface area (Å²) >= 11 is 0. The lowest BCUT2D eigenvalue weighted by Crippen LogP contribution is -2.25. The molecule has 0 saturated carbocycles. The van der Waals surface area contributed by atoms with Crippen molar-refractivity contribution < 1.29 is 0 Å². The molecule has 0 unspecified atom stereocenters. The smallest absolute Gasteiger partial charge is 0.0702 e. The molecule has 0 aliphatic carbocycles. The van der Waals surface area contributed by atoms with E-state index in [1.807, 2.05) is 12.3 Å². The quantitative estimate of drug-likeness (QED) is 0.812. The van der Waals surface area contributed by atoms with Crippen LogP contribution in [0.1, 0.15) is 32.8 Å². The molecule has 2 rings (SSSR count). The van der Waals surface area contributed by atoms with Crippen molar-refractivity contribution in [1.29, 1.82) is 0 Å². The Labute approximate surface area is 109 Å². The van der Waals surface area contributed by atoms with E-state index in [1.165, 1.54) is 10.9 Å². The van der Waals surface area contributed by atoms with Gasteiger partial charge in [-0.25, -0.2) is 0 Å². The van der Waals surface area contributed by atoms with Crippen LogP contribution in [0.3, 0.4) is 0 Å². The highest BCUT2D eigenvalue weighted by molar-refractivity contribution is 5.79. The third-order valence-corrected chi connectivity index (χ3v) is 3.56. The summed E-state index contributed by atoms with van der Waals surface area (Å²) in [6.07, 6.45) is 2.99. The number of pyridine rings is 1. The van der Waals surface area contributed by atoms with Crippen molar-refractivity contribution in [3.05, 3.63) is 42.1 Å². The summed E-state index contributed by atoms with van der Waals surface area (Å²) in [5, 5.41) is 4.63. The number of aromatic nitrogens is 1. The summed E-state index contributed by atoms with van der Waals surface area (Å²) in [7, 11) is 0. The van der Waals surface area contributed by atoms with E-state index in [0.29, 0.717) is 0 Å². The van der Waals surface area contributed by atoms with E-state index < -0.39 is 0 Å². The summed E-state index contributed by atoms with van der Waals surface area (Å²) in [4.78, 5) is 4.37. The van der Waals surface area contributed by atoms with Gasteiger partial charge in [-0.2, -0.15) is 0 Å². The molecular formula is C16H22N2. The van der Waals surface area contributed by atoms with Gasteiger partial charge in [-0.05, 0) is 48.7 Å². The van der Waals surface area contributed by atoms with Crippen LogP contribution in [0.15, 0.2) is 36.5 Å². The van der Waals surface area contributed by atoms with E-state index in [4.69, 9.17) is 0 Å². The highest BCUT2D eigenvalue weighted by atomic mass is 14.8. The van der Waals surface area contributed by atoms with Crippen molar-refractivity contribution in [2.45, 2.75) is 32.6 Å². The summed E-state index contributed by atoms with van der Waals surface area (Å²) < 4.78 is 0. The zero-order valence-corrected chi connectivity index (χ0v) is 11.5. The van der Waals surface area contributed by atoms with E-state index in [0.717, 1.165) is 25.0 Å². The Morgan fingerprint density at radius 3 is 2.83 bits per heavy atom. The molecule has 0 atom stereocenters. The molecule has 0 fully saturated rings. The van der Waals surface area contributed by atoms with Crippen molar-refractivity contribution in [3.8, 4) is 0 Å². The van der Waals surface area contributed by atoms with Gasteiger partial charge in [0.05, 0.1) is 5.52 Å². The van der Waals surface area contributed by atoms with Crippen molar-refractivity contribution >= 4 is 10.9 Å². The topological polar surface area (TPSA) is 24.9 Å². The summed E-state index contributed by atoms with van der Waals surface area (Å²) in [5.41, 5.74) is 2.66. The number of fused-ring (bicyclic) bond motifs is 1. The molecule has 96 valence electrons. The molecule has 1 aromatic carbocycles. The second-order valence-electron chi connectivity index (χ2n) is 5.40. The maximum atomic E-state index is 4.37. The van der Waals surface area contributed by atoms with Gasteiger partial charge < -0.3 is 5.32 Å². The molecule has 0 bridgehead atoms. The molecular weight excluding hydrogens is 220 g/mol. The standard InChI is InChI=1S/C16H22N2/c1-4-17-11-9-16(2,3)14-7-8-15-13(12-14)6-5-10-18-15/h5-8,10,12,17H,4,9,11H2,1-3H3. The Morgan fingerprint density at radius 2 is 2.06 bits per heavy atom. The van der Waals surface area contributed by atoms with Gasteiger partial charge in [0.15, 0.2) is 0 Å². The van der Waals surface area contributed by atoms with E-state index in [1.54, 1.807) is 0 Å². The first kappa shape index (κ1) is 13.0. The normalized spacial score (nSPS) is 11.9. The molecule has 0 amide bonds. The van der Waals surface area contributed by atoms with Gasteiger partial charge in [0, 0.05) is 11.6 Å². The SMILES string of the molecule is CCNCCC(C)(C)c1ccc2ncccc2c1. The van der Waals surface area contributed by atoms with Crippen LogP contribution in [0.4, 0.5) is 0 Å². The van der Waals surface area contributed by atoms with Crippen LogP contribution in [-0.2, 0) is 5.41 Å². The van der Waals surface area contributed by atoms with Crippen LogP contribution in [0.5, 0.6) is 0 Å². The predicted octanol–water partition coefficient (Wildman–Crippen LogP) is 3.51. The Balaban J connectivity index is 2.23. The van der Waals surface area contributed by atoms with Crippen molar-refractivity contribution in [2.24, 2.45) is 0 Å². The summed E-state index contributed by atoms with van der Waals surface area (Å²) in [5.74, 6) is 0. The Kier molecular flexibility index (Phi) is 3.97. The molecule has 0 aliphatic rings. The molecule has 2 nitrogen and oxygen atoms in total. The second-order valence-corrected chi connectivity index (χ2v) is 5.40. The molecule has 0 radical (unpaired) electrons. The van der Waals surface area contributed by atoms with E-state index in [2.05, 4.69) is 55.3 Å². The van der Waals surface area contributed by atoms with Gasteiger partial charge in [0.1, 0.15) is 0 Å². The summed E-state index contributed by atoms with van der Waals surface area (Å²) in [6.45, 7) is 8.87. The van der Waals surface area contributed by atoms with Crippen LogP contribution in [-0.4, -0.2) is 18.1 Å². The highest BCUT2D eigenvalue weighted by Crippen LogP contribution is 2.28. The number of hydrogen-bond donors (Lipinski definition) is 1. The van der Waals surface area contributed by atoms with Gasteiger partial charge >= 0.3 is 0 Å². The highest BCUT2D eigenvalue weighted by Gasteiger charge is 2.20. The second kappa shape index (κ2) is 5.49. The van der Waals surface area contributed by atoms with Gasteiger partial charge in [-0.3, -0.25) is 4.98 Å². The minimum Gasteiger partial charge on any atom is -0.317 e. The van der Waals surface area contributed by atoms with Gasteiger partial charge in [-0.1, -0.05) is 32.9 Å². The maximum absolute atomic E-state index is 4.37. The third-order valence-electron chi connectivity index (χ3n) is 3.56. The first-order valence-corrected chi connectivity index (χ1v) is 6.69. The predicted molar refractivity (Wildman–Crippen MR) is 77.9 cm³/mol. The average molecular weight is 242 g/mol. The van der Waals surface area contributed by atoms with Gasteiger partial charge in [-0.15, -0.1) is 0 Å². The molecule has 2 aromatic rings. The van der Waals surface area contributed by atoms with E-state index in [-0.39, 0.29) is 5.41 Å². The number of hydrogen-bond acceptors (Lipinski definition) is 2. The van der Waals surface area contributed by atoms with Crippen LogP contribution < -0.4 is 5.32 Å². The Morgan fingerprint density at radius 1 is 1.22 bits per heavy atom. The van der Waals surface area contributed by atoms with Crippen LogP contribution in [0.25, 0.3) is 10.9 Å². The molecule has 1 N–H and O–H groups in total. The monoisotopic (exact) mass is 242 g/mol. The molecule has 1 aromatic heterocycles. The largest absolute Gasteiger partial charge is 0.317 e. The van der Waals surface area contributed by atoms with Crippen LogP contribution in [0, 0.1) is 0 Å². The molecule has 0 spiro atoms. The zero-order chi connectivity index (χ0) is 13.0. The molecule has 2 heteroatoms. The number of benzene rings is 1. The third kappa shape index (κ3) is 2.88. The van der Waals surface area contributed by atoms with E-state index in [9.17, 15) is 0 Å². The Bertz CT molecular complexity index is 517. The first-order chi connectivity index (χ1) is 8.63. The number of nitrogens with zero attached hydrogens (tertiary/aromatic N) is 1. The van der Waals surface area contributed by atoms with Gasteiger partial charge in [0.25, 0.3) is 0 Å². The molecule has 0 aliphatic heterocycles. The minimum atomic E-state index is 0.201. The lowest BCUT2D eigenvalue weighted by Gasteiger charge is -2.25. The maximum Gasteiger partial charge on any atom is 0.0702 e. The zero-order valence-electron chi connectivity index (χ0n) is 11.5. The first-order valence-electron chi connectivity index (χ1n) is 6.69. The fourth-order valence-corrected chi connectivity index (χ4v) is 2.22. The van der Waals surface area contributed by atoms with Crippen molar-refractivity contribution in [2.75, 3.05) is 13.1 Å². The van der Waals surface area contributed by atoms with E-state index >= 15 is 0 Å². The lowest BCUT2D eigenvalue weighted by molar-refractivity contribution is 0.461. The molecule has 0 saturated heterocycles. The molecule has 18 heavy (non-hydrogen) atoms. The fraction of sp³-hybridized carbons (Fsp3) is 0.438. The molecule has 1 heterocycles. The number of nitrogens with one attached hydrogen (secondary N) is 1. The fourth-order valence-electron chi connectivity index (χ4n) is 2.22.